The van der Waals surface area contributed by atoms with E-state index in [4.69, 9.17) is 4.74 Å². The van der Waals surface area contributed by atoms with Gasteiger partial charge in [-0.1, -0.05) is 50.0 Å². The SMILES string of the molecule is O=C(NC1CCCC1)N[C@H]1CCCCC/C=C\[C@H]2C[C@@]2(C(=O)NS(=O)(=O)C2CC2)NC(=O)[C@@H]2C[C@@H](OC(=O)N3Cc4cccc(F)c4C3)CN2C1=O. The van der Waals surface area contributed by atoms with Crippen molar-refractivity contribution in [3.8, 4) is 0 Å². The molecule has 52 heavy (non-hydrogen) atoms. The Bertz CT molecular complexity index is 1750. The average Bonchev–Trinajstić information content (AvgIpc) is 3.88. The summed E-state index contributed by atoms with van der Waals surface area (Å²) in [7, 11) is -3.91. The van der Waals surface area contributed by atoms with E-state index in [0.717, 1.165) is 38.5 Å². The second-order valence-corrected chi connectivity index (χ2v) is 17.1. The molecule has 1 saturated heterocycles. The molecule has 3 saturated carbocycles. The highest BCUT2D eigenvalue weighted by atomic mass is 32.2. The fourth-order valence-corrected chi connectivity index (χ4v) is 9.39. The summed E-state index contributed by atoms with van der Waals surface area (Å²) in [6, 6.07) is 2.01. The molecule has 1 aromatic rings. The number of carbonyl (C=O) groups is 5. The van der Waals surface area contributed by atoms with Crippen molar-refractivity contribution in [2.24, 2.45) is 5.92 Å². The average molecular weight is 743 g/mol. The molecule has 0 aromatic heterocycles. The van der Waals surface area contributed by atoms with Gasteiger partial charge in [0.15, 0.2) is 0 Å². The second-order valence-electron chi connectivity index (χ2n) is 15.1. The maximum absolute atomic E-state index is 14.4. The summed E-state index contributed by atoms with van der Waals surface area (Å²) in [4.78, 5) is 71.3. The number of benzene rings is 1. The van der Waals surface area contributed by atoms with Gasteiger partial charge < -0.3 is 25.6 Å². The lowest BCUT2D eigenvalue weighted by molar-refractivity contribution is -0.141. The van der Waals surface area contributed by atoms with Crippen molar-refractivity contribution in [1.29, 1.82) is 0 Å². The molecule has 0 bridgehead atoms. The number of fused-ring (bicyclic) bond motifs is 3. The van der Waals surface area contributed by atoms with Crippen LogP contribution in [0.25, 0.3) is 0 Å². The first-order valence-electron chi connectivity index (χ1n) is 18.6. The molecule has 0 spiro atoms. The molecule has 6 aliphatic rings. The van der Waals surface area contributed by atoms with Gasteiger partial charge in [0.05, 0.1) is 18.3 Å². The molecule has 1 aromatic carbocycles. The molecular formula is C36H47FN6O8S. The molecule has 3 aliphatic carbocycles. The molecule has 4 N–H and O–H groups in total. The third-order valence-corrected chi connectivity index (χ3v) is 13.1. The summed E-state index contributed by atoms with van der Waals surface area (Å²) in [6.45, 7) is 0.000944. The zero-order valence-corrected chi connectivity index (χ0v) is 29.9. The third-order valence-electron chi connectivity index (χ3n) is 11.3. The highest BCUT2D eigenvalue weighted by molar-refractivity contribution is 7.91. The zero-order valence-electron chi connectivity index (χ0n) is 29.1. The number of allylic oxidation sites excluding steroid dienone is 1. The summed E-state index contributed by atoms with van der Waals surface area (Å²) in [6.07, 6.45) is 10.0. The predicted molar refractivity (Wildman–Crippen MR) is 185 cm³/mol. The van der Waals surface area contributed by atoms with Crippen LogP contribution in [0.1, 0.15) is 94.6 Å². The molecule has 0 radical (unpaired) electrons. The van der Waals surface area contributed by atoms with Crippen LogP contribution in [0.3, 0.4) is 0 Å². The first kappa shape index (κ1) is 36.2. The summed E-state index contributed by atoms with van der Waals surface area (Å²) < 4.78 is 48.0. The molecular weight excluding hydrogens is 695 g/mol. The first-order valence-corrected chi connectivity index (χ1v) is 20.1. The van der Waals surface area contributed by atoms with Crippen molar-refractivity contribution < 1.29 is 41.5 Å². The highest BCUT2D eigenvalue weighted by Gasteiger charge is 2.62. The number of carbonyl (C=O) groups excluding carboxylic acids is 5. The largest absolute Gasteiger partial charge is 0.444 e. The summed E-state index contributed by atoms with van der Waals surface area (Å²) in [5, 5.41) is 7.97. The van der Waals surface area contributed by atoms with Crippen molar-refractivity contribution in [3.63, 3.8) is 0 Å². The maximum atomic E-state index is 14.4. The Kier molecular flexibility index (Phi) is 10.2. The lowest BCUT2D eigenvalue weighted by atomic mass is 10.0. The van der Waals surface area contributed by atoms with E-state index < -0.39 is 80.6 Å². The van der Waals surface area contributed by atoms with Crippen molar-refractivity contribution in [2.75, 3.05) is 6.54 Å². The monoisotopic (exact) mass is 742 g/mol. The second kappa shape index (κ2) is 14.7. The van der Waals surface area contributed by atoms with Gasteiger partial charge >= 0.3 is 12.1 Å². The van der Waals surface area contributed by atoms with E-state index in [1.165, 1.54) is 15.9 Å². The molecule has 14 nitrogen and oxygen atoms in total. The van der Waals surface area contributed by atoms with E-state index in [0.29, 0.717) is 43.2 Å². The van der Waals surface area contributed by atoms with Gasteiger partial charge in [0.1, 0.15) is 29.5 Å². The van der Waals surface area contributed by atoms with E-state index >= 15 is 0 Å². The Balaban J connectivity index is 1.12. The number of urea groups is 1. The molecule has 16 heteroatoms. The minimum Gasteiger partial charge on any atom is -0.444 e. The zero-order chi connectivity index (χ0) is 36.6. The number of nitrogens with zero attached hydrogens (tertiary/aromatic N) is 2. The third kappa shape index (κ3) is 7.76. The van der Waals surface area contributed by atoms with E-state index in [1.807, 2.05) is 12.2 Å². The molecule has 6 amide bonds. The molecule has 3 aliphatic heterocycles. The fraction of sp³-hybridized carbons (Fsp3) is 0.639. The highest BCUT2D eigenvalue weighted by Crippen LogP contribution is 2.46. The fourth-order valence-electron chi connectivity index (χ4n) is 8.03. The molecule has 282 valence electrons. The number of hydrogen-bond donors (Lipinski definition) is 4. The van der Waals surface area contributed by atoms with Crippen molar-refractivity contribution >= 4 is 39.9 Å². The normalized spacial score (nSPS) is 30.2. The lowest BCUT2D eigenvalue weighted by Gasteiger charge is -2.30. The van der Waals surface area contributed by atoms with Gasteiger partial charge in [-0.15, -0.1) is 0 Å². The number of sulfonamides is 1. The van der Waals surface area contributed by atoms with Crippen LogP contribution in [0.4, 0.5) is 14.0 Å². The Morgan fingerprint density at radius 1 is 0.962 bits per heavy atom. The van der Waals surface area contributed by atoms with Crippen LogP contribution < -0.4 is 20.7 Å². The topological polar surface area (TPSA) is 183 Å². The summed E-state index contributed by atoms with van der Waals surface area (Å²) in [5.74, 6) is -2.92. The quantitative estimate of drug-likeness (QED) is 0.321. The number of nitrogens with one attached hydrogen (secondary N) is 4. The van der Waals surface area contributed by atoms with Crippen LogP contribution in [-0.4, -0.2) is 89.6 Å². The van der Waals surface area contributed by atoms with Gasteiger partial charge in [-0.3, -0.25) is 24.0 Å². The Labute approximate surface area is 302 Å². The van der Waals surface area contributed by atoms with Crippen LogP contribution in [0.5, 0.6) is 0 Å². The number of ether oxygens (including phenoxy) is 1. The molecule has 3 heterocycles. The number of hydrogen-bond acceptors (Lipinski definition) is 8. The first-order chi connectivity index (χ1) is 24.9. The van der Waals surface area contributed by atoms with Gasteiger partial charge in [-0.25, -0.2) is 22.4 Å². The van der Waals surface area contributed by atoms with Crippen LogP contribution in [0.15, 0.2) is 30.4 Å². The van der Waals surface area contributed by atoms with Crippen molar-refractivity contribution in [2.45, 2.75) is 132 Å². The maximum Gasteiger partial charge on any atom is 0.410 e. The minimum atomic E-state index is -3.91. The van der Waals surface area contributed by atoms with Crippen LogP contribution in [-0.2, 0) is 42.2 Å². The van der Waals surface area contributed by atoms with Crippen molar-refractivity contribution in [1.82, 2.24) is 30.5 Å². The molecule has 4 fully saturated rings. The Morgan fingerprint density at radius 3 is 2.48 bits per heavy atom. The minimum absolute atomic E-state index is 0.0124. The van der Waals surface area contributed by atoms with Gasteiger partial charge in [0.2, 0.25) is 21.8 Å². The van der Waals surface area contributed by atoms with Gasteiger partial charge in [0, 0.05) is 30.5 Å². The van der Waals surface area contributed by atoms with E-state index in [-0.39, 0.29) is 38.5 Å². The van der Waals surface area contributed by atoms with Crippen molar-refractivity contribution in [3.05, 3.63) is 47.3 Å². The Hall–Kier alpha value is -4.21. The van der Waals surface area contributed by atoms with E-state index in [2.05, 4.69) is 20.7 Å². The van der Waals surface area contributed by atoms with Crippen LogP contribution in [0, 0.1) is 11.7 Å². The molecule has 0 unspecified atom stereocenters. The van der Waals surface area contributed by atoms with Crippen LogP contribution >= 0.6 is 0 Å². The Morgan fingerprint density at radius 2 is 1.73 bits per heavy atom. The predicted octanol–water partition coefficient (Wildman–Crippen LogP) is 2.86. The van der Waals surface area contributed by atoms with E-state index in [1.54, 1.807) is 12.1 Å². The smallest absolute Gasteiger partial charge is 0.410 e. The van der Waals surface area contributed by atoms with Gasteiger partial charge in [-0.2, -0.15) is 0 Å². The standard InChI is InChI=1S/C36H47FN6O8S/c37-28-13-8-9-22-19-42(21-27(22)28)35(48)51-25-17-30-31(44)40-36(33(46)41-52(49,50)26-15-16-26)18-23(36)10-4-2-1-3-5-14-29(32(45)43(30)20-25)39-34(47)38-24-11-6-7-12-24/h4,8-10,13,23-26,29-30H,1-3,5-7,11-12,14-21H2,(H,40,44)(H,41,46)(H2,38,39,47)/b10-4-/t23-,25+,29-,30-,36+/m0/s1. The van der Waals surface area contributed by atoms with Gasteiger partial charge in [0.25, 0.3) is 5.91 Å². The number of amides is 6. The molecule has 7 rings (SSSR count). The number of halogens is 1. The number of rotatable bonds is 6. The molecule has 5 atom stereocenters. The van der Waals surface area contributed by atoms with Crippen LogP contribution in [0.2, 0.25) is 0 Å². The lowest BCUT2D eigenvalue weighted by Crippen LogP contribution is -2.59. The summed E-state index contributed by atoms with van der Waals surface area (Å²) >= 11 is 0. The summed E-state index contributed by atoms with van der Waals surface area (Å²) in [5.41, 5.74) is -0.474. The van der Waals surface area contributed by atoms with Gasteiger partial charge in [-0.05, 0) is 63.0 Å². The van der Waals surface area contributed by atoms with E-state index in [9.17, 15) is 36.8 Å².